The van der Waals surface area contributed by atoms with Gasteiger partial charge in [-0.15, -0.1) is 0 Å². The van der Waals surface area contributed by atoms with Gasteiger partial charge in [-0.05, 0) is 46.0 Å². The van der Waals surface area contributed by atoms with Crippen molar-refractivity contribution in [3.8, 4) is 11.1 Å². The minimum atomic E-state index is -3.65. The SMILES string of the molecule is O=S(=O)(NCc1ccccc1-c1ccc([C@@H]2O[C@H](CN3CCN(c4ncccn4)CC3)C[C@H](c3ccc(CO)cc3)O2)cc1)c1ccccc1. The Hall–Kier alpha value is -4.49. The molecule has 0 radical (unpaired) electrons. The molecule has 2 aliphatic rings. The molecule has 1 aromatic heterocycles. The third kappa shape index (κ3) is 8.10. The van der Waals surface area contributed by atoms with E-state index in [4.69, 9.17) is 9.47 Å². The molecule has 3 heterocycles. The summed E-state index contributed by atoms with van der Waals surface area (Å²) in [6, 6.07) is 34.1. The first-order valence-corrected chi connectivity index (χ1v) is 18.4. The van der Waals surface area contributed by atoms with Crippen molar-refractivity contribution in [1.82, 2.24) is 19.6 Å². The van der Waals surface area contributed by atoms with Gasteiger partial charge in [0.05, 0.1) is 23.7 Å². The molecular weight excluding hydrogens is 651 g/mol. The number of aliphatic hydroxyl groups excluding tert-OH is 1. The molecule has 2 saturated heterocycles. The van der Waals surface area contributed by atoms with Crippen molar-refractivity contribution in [3.63, 3.8) is 0 Å². The van der Waals surface area contributed by atoms with Gasteiger partial charge in [0.1, 0.15) is 0 Å². The molecule has 2 fully saturated rings. The van der Waals surface area contributed by atoms with Crippen LogP contribution in [0.2, 0.25) is 0 Å². The predicted octanol–water partition coefficient (Wildman–Crippen LogP) is 5.48. The summed E-state index contributed by atoms with van der Waals surface area (Å²) in [4.78, 5) is 13.7. The maximum atomic E-state index is 12.9. The highest BCUT2D eigenvalue weighted by molar-refractivity contribution is 7.89. The van der Waals surface area contributed by atoms with Crippen LogP contribution in [0.5, 0.6) is 0 Å². The normalized spacial score (nSPS) is 20.1. The van der Waals surface area contributed by atoms with Crippen LogP contribution in [0.4, 0.5) is 5.95 Å². The smallest absolute Gasteiger partial charge is 0.240 e. The third-order valence-corrected chi connectivity index (χ3v) is 10.7. The van der Waals surface area contributed by atoms with Gasteiger partial charge in [0.15, 0.2) is 6.29 Å². The van der Waals surface area contributed by atoms with Crippen molar-refractivity contribution in [2.45, 2.75) is 43.0 Å². The Bertz CT molecular complexity index is 1940. The number of nitrogens with one attached hydrogen (secondary N) is 1. The summed E-state index contributed by atoms with van der Waals surface area (Å²) in [5, 5.41) is 9.58. The van der Waals surface area contributed by atoms with Gasteiger partial charge in [-0.1, -0.05) is 91.0 Å². The largest absolute Gasteiger partial charge is 0.392 e. The summed E-state index contributed by atoms with van der Waals surface area (Å²) >= 11 is 0. The number of benzene rings is 4. The van der Waals surface area contributed by atoms with Crippen molar-refractivity contribution in [3.05, 3.63) is 144 Å². The molecule has 0 unspecified atom stereocenters. The lowest BCUT2D eigenvalue weighted by atomic mass is 9.97. The molecule has 3 atom stereocenters. The van der Waals surface area contributed by atoms with Gasteiger partial charge in [0.25, 0.3) is 0 Å². The van der Waals surface area contributed by atoms with Crippen LogP contribution in [0.1, 0.15) is 41.1 Å². The molecule has 11 heteroatoms. The van der Waals surface area contributed by atoms with Crippen molar-refractivity contribution in [1.29, 1.82) is 0 Å². The van der Waals surface area contributed by atoms with E-state index < -0.39 is 16.3 Å². The first-order chi connectivity index (χ1) is 24.4. The Kier molecular flexibility index (Phi) is 10.6. The van der Waals surface area contributed by atoms with Crippen molar-refractivity contribution < 1.29 is 23.0 Å². The maximum Gasteiger partial charge on any atom is 0.240 e. The number of nitrogens with zero attached hydrogens (tertiary/aromatic N) is 4. The molecule has 4 aromatic carbocycles. The Morgan fingerprint density at radius 1 is 0.760 bits per heavy atom. The third-order valence-electron chi connectivity index (χ3n) is 9.30. The van der Waals surface area contributed by atoms with Crippen molar-refractivity contribution in [2.75, 3.05) is 37.6 Å². The van der Waals surface area contributed by atoms with Gasteiger partial charge in [0.2, 0.25) is 16.0 Å². The molecule has 2 N–H and O–H groups in total. The van der Waals surface area contributed by atoms with E-state index in [1.54, 1.807) is 42.7 Å². The summed E-state index contributed by atoms with van der Waals surface area (Å²) in [5.41, 5.74) is 5.60. The zero-order valence-electron chi connectivity index (χ0n) is 27.7. The van der Waals surface area contributed by atoms with Gasteiger partial charge in [-0.2, -0.15) is 0 Å². The first kappa shape index (κ1) is 34.0. The fourth-order valence-electron chi connectivity index (χ4n) is 6.54. The fourth-order valence-corrected chi connectivity index (χ4v) is 7.57. The molecule has 2 aliphatic heterocycles. The van der Waals surface area contributed by atoms with E-state index in [0.717, 1.165) is 72.1 Å². The molecule has 10 nitrogen and oxygen atoms in total. The van der Waals surface area contributed by atoms with Crippen LogP contribution in [0.3, 0.4) is 0 Å². The van der Waals surface area contributed by atoms with E-state index in [-0.39, 0.29) is 30.3 Å². The highest BCUT2D eigenvalue weighted by Gasteiger charge is 2.34. The van der Waals surface area contributed by atoms with Gasteiger partial charge in [-0.3, -0.25) is 4.90 Å². The Balaban J connectivity index is 1.06. The minimum absolute atomic E-state index is 0.00541. The standard InChI is InChI=1S/C39H41N5O5S/c45-28-29-11-13-31(14-12-29)37-25-34(27-43-21-23-44(24-22-43)39-40-19-6-20-41-39)48-38(49-37)32-17-15-30(16-18-32)36-10-5-4-7-33(36)26-42-50(46,47)35-8-2-1-3-9-35/h1-20,34,37-38,42,45H,21-28H2/t34-,37+,38+/m0/s1. The number of hydrogen-bond donors (Lipinski definition) is 2. The highest BCUT2D eigenvalue weighted by Crippen LogP contribution is 2.39. The lowest BCUT2D eigenvalue weighted by molar-refractivity contribution is -0.253. The molecule has 0 saturated carbocycles. The van der Waals surface area contributed by atoms with Gasteiger partial charge in [-0.25, -0.2) is 23.1 Å². The predicted molar refractivity (Wildman–Crippen MR) is 191 cm³/mol. The second-order valence-electron chi connectivity index (χ2n) is 12.6. The zero-order chi connectivity index (χ0) is 34.3. The zero-order valence-corrected chi connectivity index (χ0v) is 28.5. The molecule has 5 aromatic rings. The second-order valence-corrected chi connectivity index (χ2v) is 14.4. The van der Waals surface area contributed by atoms with Crippen molar-refractivity contribution >= 4 is 16.0 Å². The topological polar surface area (TPSA) is 117 Å². The van der Waals surface area contributed by atoms with E-state index in [0.29, 0.717) is 6.42 Å². The van der Waals surface area contributed by atoms with E-state index in [1.165, 1.54) is 0 Å². The van der Waals surface area contributed by atoms with Crippen LogP contribution in [-0.2, 0) is 32.6 Å². The molecular formula is C39H41N5O5S. The monoisotopic (exact) mass is 691 g/mol. The van der Waals surface area contributed by atoms with Gasteiger partial charge in [0, 0.05) is 63.6 Å². The number of hydrogen-bond acceptors (Lipinski definition) is 9. The second kappa shape index (κ2) is 15.6. The van der Waals surface area contributed by atoms with Crippen molar-refractivity contribution in [2.24, 2.45) is 0 Å². The summed E-state index contributed by atoms with van der Waals surface area (Å²) in [7, 11) is -3.65. The fraction of sp³-hybridized carbons (Fsp3) is 0.282. The maximum absolute atomic E-state index is 12.9. The lowest BCUT2D eigenvalue weighted by Gasteiger charge is -2.40. The Labute approximate surface area is 293 Å². The van der Waals surface area contributed by atoms with E-state index in [2.05, 4.69) is 24.5 Å². The van der Waals surface area contributed by atoms with Crippen LogP contribution in [0, 0.1) is 0 Å². The average molecular weight is 692 g/mol. The van der Waals surface area contributed by atoms with E-state index in [9.17, 15) is 13.5 Å². The minimum Gasteiger partial charge on any atom is -0.392 e. The molecule has 7 rings (SSSR count). The molecule has 258 valence electrons. The molecule has 50 heavy (non-hydrogen) atoms. The number of aromatic nitrogens is 2. The Morgan fingerprint density at radius 3 is 2.16 bits per heavy atom. The van der Waals surface area contributed by atoms with Gasteiger partial charge >= 0.3 is 0 Å². The van der Waals surface area contributed by atoms with Crippen LogP contribution in [-0.4, -0.2) is 67.2 Å². The average Bonchev–Trinajstić information content (AvgIpc) is 3.18. The number of rotatable bonds is 11. The molecule has 0 amide bonds. The number of piperazine rings is 1. The van der Waals surface area contributed by atoms with Crippen LogP contribution in [0.15, 0.2) is 126 Å². The molecule has 0 aliphatic carbocycles. The Morgan fingerprint density at radius 2 is 1.44 bits per heavy atom. The molecule has 0 spiro atoms. The number of aliphatic hydroxyl groups is 1. The van der Waals surface area contributed by atoms with Crippen LogP contribution >= 0.6 is 0 Å². The van der Waals surface area contributed by atoms with Crippen LogP contribution in [0.25, 0.3) is 11.1 Å². The quantitative estimate of drug-likeness (QED) is 0.186. The summed E-state index contributed by atoms with van der Waals surface area (Å²) in [5.74, 6) is 0.764. The van der Waals surface area contributed by atoms with E-state index >= 15 is 0 Å². The summed E-state index contributed by atoms with van der Waals surface area (Å²) in [6.07, 6.45) is 3.46. The van der Waals surface area contributed by atoms with Gasteiger partial charge < -0.3 is 19.5 Å². The van der Waals surface area contributed by atoms with E-state index in [1.807, 2.05) is 78.9 Å². The van der Waals surface area contributed by atoms with Crippen LogP contribution < -0.4 is 9.62 Å². The molecule has 0 bridgehead atoms. The number of anilines is 1. The highest BCUT2D eigenvalue weighted by atomic mass is 32.2. The number of sulfonamides is 1. The first-order valence-electron chi connectivity index (χ1n) is 16.9. The lowest BCUT2D eigenvalue weighted by Crippen LogP contribution is -2.50. The number of ether oxygens (including phenoxy) is 2. The summed E-state index contributed by atoms with van der Waals surface area (Å²) < 4.78 is 41.8. The summed E-state index contributed by atoms with van der Waals surface area (Å²) in [6.45, 7) is 4.39.